The van der Waals surface area contributed by atoms with Crippen molar-refractivity contribution in [2.45, 2.75) is 32.4 Å². The van der Waals surface area contributed by atoms with Crippen molar-refractivity contribution >= 4 is 29.9 Å². The number of halogens is 1. The van der Waals surface area contributed by atoms with Crippen LogP contribution in [0.2, 0.25) is 0 Å². The van der Waals surface area contributed by atoms with Gasteiger partial charge in [-0.3, -0.25) is 9.89 Å². The quantitative estimate of drug-likeness (QED) is 0.298. The Morgan fingerprint density at radius 2 is 1.69 bits per heavy atom. The standard InChI is InChI=1S/C23H39N5O3.HI/c1-6-24-23(25-16-19-8-7-9-26(19)2)28-12-10-27(11-13-28)17-18-14-20(29-3)22(31-5)21(15-18)30-4;/h14-15,19H,6-13,16-17H2,1-5H3,(H,24,25);1H. The molecule has 2 saturated heterocycles. The first-order chi connectivity index (χ1) is 15.1. The molecule has 0 radical (unpaired) electrons. The molecule has 32 heavy (non-hydrogen) atoms. The maximum absolute atomic E-state index is 5.50. The van der Waals surface area contributed by atoms with E-state index < -0.39 is 0 Å². The van der Waals surface area contributed by atoms with Crippen LogP contribution in [0.3, 0.4) is 0 Å². The summed E-state index contributed by atoms with van der Waals surface area (Å²) in [5.41, 5.74) is 1.16. The minimum atomic E-state index is 0. The highest BCUT2D eigenvalue weighted by Gasteiger charge is 2.23. The number of guanidine groups is 1. The van der Waals surface area contributed by atoms with Crippen molar-refractivity contribution in [1.29, 1.82) is 0 Å². The molecule has 2 aliphatic rings. The summed E-state index contributed by atoms with van der Waals surface area (Å²) in [6.07, 6.45) is 2.54. The maximum Gasteiger partial charge on any atom is 0.203 e. The van der Waals surface area contributed by atoms with Gasteiger partial charge in [-0.05, 0) is 51.1 Å². The first-order valence-corrected chi connectivity index (χ1v) is 11.3. The van der Waals surface area contributed by atoms with Gasteiger partial charge in [0.1, 0.15) is 0 Å². The summed E-state index contributed by atoms with van der Waals surface area (Å²) >= 11 is 0. The third kappa shape index (κ3) is 6.77. The molecular weight excluding hydrogens is 521 g/mol. The largest absolute Gasteiger partial charge is 0.493 e. The van der Waals surface area contributed by atoms with E-state index in [0.29, 0.717) is 23.3 Å². The lowest BCUT2D eigenvalue weighted by Crippen LogP contribution is -2.52. The van der Waals surface area contributed by atoms with E-state index >= 15 is 0 Å². The van der Waals surface area contributed by atoms with E-state index in [4.69, 9.17) is 19.2 Å². The van der Waals surface area contributed by atoms with Gasteiger partial charge in [0.25, 0.3) is 0 Å². The minimum Gasteiger partial charge on any atom is -0.493 e. The normalized spacial score (nSPS) is 20.1. The molecule has 2 aliphatic heterocycles. The van der Waals surface area contributed by atoms with Crippen molar-refractivity contribution < 1.29 is 14.2 Å². The van der Waals surface area contributed by atoms with Gasteiger partial charge in [0, 0.05) is 45.3 Å². The Labute approximate surface area is 210 Å². The number of aliphatic imine (C=N–C) groups is 1. The third-order valence-corrected chi connectivity index (χ3v) is 6.26. The third-order valence-electron chi connectivity index (χ3n) is 6.26. The van der Waals surface area contributed by atoms with Crippen molar-refractivity contribution in [2.24, 2.45) is 4.99 Å². The van der Waals surface area contributed by atoms with E-state index in [1.807, 2.05) is 12.1 Å². The van der Waals surface area contributed by atoms with E-state index in [0.717, 1.165) is 57.3 Å². The van der Waals surface area contributed by atoms with Gasteiger partial charge in [0.2, 0.25) is 5.75 Å². The highest BCUT2D eigenvalue weighted by Crippen LogP contribution is 2.38. The minimum absolute atomic E-state index is 0. The summed E-state index contributed by atoms with van der Waals surface area (Å²) in [7, 11) is 7.16. The first kappa shape index (κ1) is 26.8. The second-order valence-electron chi connectivity index (χ2n) is 8.27. The second kappa shape index (κ2) is 13.3. The van der Waals surface area contributed by atoms with Crippen LogP contribution < -0.4 is 19.5 Å². The van der Waals surface area contributed by atoms with Crippen LogP contribution in [0.5, 0.6) is 17.2 Å². The number of ether oxygens (including phenoxy) is 3. The van der Waals surface area contributed by atoms with Crippen LogP contribution in [0.4, 0.5) is 0 Å². The molecule has 2 fully saturated rings. The average Bonchev–Trinajstić information content (AvgIpc) is 3.21. The lowest BCUT2D eigenvalue weighted by atomic mass is 10.1. The molecule has 9 heteroatoms. The van der Waals surface area contributed by atoms with Crippen LogP contribution in [-0.4, -0.2) is 101 Å². The number of piperazine rings is 1. The SMILES string of the molecule is CCNC(=NCC1CCCN1C)N1CCN(Cc2cc(OC)c(OC)c(OC)c2)CC1.I. The van der Waals surface area contributed by atoms with Gasteiger partial charge in [-0.25, -0.2) is 0 Å². The summed E-state index contributed by atoms with van der Waals surface area (Å²) in [6, 6.07) is 4.66. The number of hydrogen-bond acceptors (Lipinski definition) is 6. The van der Waals surface area contributed by atoms with Gasteiger partial charge in [0.05, 0.1) is 27.9 Å². The van der Waals surface area contributed by atoms with E-state index in [1.54, 1.807) is 21.3 Å². The summed E-state index contributed by atoms with van der Waals surface area (Å²) in [4.78, 5) is 12.3. The zero-order valence-electron chi connectivity index (χ0n) is 20.2. The monoisotopic (exact) mass is 561 g/mol. The molecule has 0 spiro atoms. The molecule has 182 valence electrons. The van der Waals surface area contributed by atoms with E-state index in [9.17, 15) is 0 Å². The van der Waals surface area contributed by atoms with Crippen molar-refractivity contribution in [3.8, 4) is 17.2 Å². The second-order valence-corrected chi connectivity index (χ2v) is 8.27. The molecule has 1 aromatic carbocycles. The summed E-state index contributed by atoms with van der Waals surface area (Å²) in [6.45, 7) is 9.87. The van der Waals surface area contributed by atoms with Crippen molar-refractivity contribution in [3.05, 3.63) is 17.7 Å². The molecule has 2 heterocycles. The Bertz CT molecular complexity index is 715. The Hall–Kier alpha value is -1.46. The van der Waals surface area contributed by atoms with E-state index in [2.05, 4.69) is 34.0 Å². The number of likely N-dealkylation sites (N-methyl/N-ethyl adjacent to an activating group) is 1. The van der Waals surface area contributed by atoms with Gasteiger partial charge in [-0.1, -0.05) is 0 Å². The highest BCUT2D eigenvalue weighted by atomic mass is 127. The maximum atomic E-state index is 5.50. The van der Waals surface area contributed by atoms with Crippen LogP contribution in [0.25, 0.3) is 0 Å². The van der Waals surface area contributed by atoms with Gasteiger partial charge in [-0.15, -0.1) is 24.0 Å². The zero-order valence-corrected chi connectivity index (χ0v) is 22.6. The lowest BCUT2D eigenvalue weighted by molar-refractivity contribution is 0.172. The fourth-order valence-electron chi connectivity index (χ4n) is 4.43. The number of benzene rings is 1. The Balaban J connectivity index is 0.00000363. The van der Waals surface area contributed by atoms with Gasteiger partial charge >= 0.3 is 0 Å². The summed E-state index contributed by atoms with van der Waals surface area (Å²) in [5.74, 6) is 3.09. The molecule has 1 unspecified atom stereocenters. The predicted octanol–water partition coefficient (Wildman–Crippen LogP) is 2.51. The molecule has 1 aromatic rings. The smallest absolute Gasteiger partial charge is 0.203 e. The fraction of sp³-hybridized carbons (Fsp3) is 0.696. The highest BCUT2D eigenvalue weighted by molar-refractivity contribution is 14.0. The number of rotatable bonds is 8. The summed E-state index contributed by atoms with van der Waals surface area (Å²) < 4.78 is 16.4. The zero-order chi connectivity index (χ0) is 22.2. The first-order valence-electron chi connectivity index (χ1n) is 11.3. The molecule has 0 saturated carbocycles. The number of hydrogen-bond donors (Lipinski definition) is 1. The van der Waals surface area contributed by atoms with Crippen LogP contribution >= 0.6 is 24.0 Å². The number of nitrogens with one attached hydrogen (secondary N) is 1. The number of nitrogens with zero attached hydrogens (tertiary/aromatic N) is 4. The van der Waals surface area contributed by atoms with Crippen LogP contribution in [0.1, 0.15) is 25.3 Å². The predicted molar refractivity (Wildman–Crippen MR) is 140 cm³/mol. The van der Waals surface area contributed by atoms with Gasteiger partial charge in [-0.2, -0.15) is 0 Å². The van der Waals surface area contributed by atoms with E-state index in [1.165, 1.54) is 19.4 Å². The molecule has 3 rings (SSSR count). The lowest BCUT2D eigenvalue weighted by Gasteiger charge is -2.36. The van der Waals surface area contributed by atoms with Crippen molar-refractivity contribution in [1.82, 2.24) is 20.0 Å². The van der Waals surface area contributed by atoms with Crippen molar-refractivity contribution in [2.75, 3.05) is 74.2 Å². The molecule has 0 bridgehead atoms. The Morgan fingerprint density at radius 3 is 2.19 bits per heavy atom. The molecule has 0 amide bonds. The van der Waals surface area contributed by atoms with Crippen LogP contribution in [-0.2, 0) is 6.54 Å². The molecule has 0 aromatic heterocycles. The topological polar surface area (TPSA) is 61.8 Å². The van der Waals surface area contributed by atoms with E-state index in [-0.39, 0.29) is 24.0 Å². The summed E-state index contributed by atoms with van der Waals surface area (Å²) in [5, 5.41) is 3.49. The fourth-order valence-corrected chi connectivity index (χ4v) is 4.43. The average molecular weight is 562 g/mol. The number of methoxy groups -OCH3 is 3. The van der Waals surface area contributed by atoms with Crippen LogP contribution in [0, 0.1) is 0 Å². The van der Waals surface area contributed by atoms with Crippen LogP contribution in [0.15, 0.2) is 17.1 Å². The molecule has 1 N–H and O–H groups in total. The van der Waals surface area contributed by atoms with Gasteiger partial charge in [0.15, 0.2) is 17.5 Å². The molecule has 8 nitrogen and oxygen atoms in total. The molecule has 1 atom stereocenters. The van der Waals surface area contributed by atoms with Gasteiger partial charge < -0.3 is 29.3 Å². The Kier molecular flexibility index (Phi) is 11.1. The Morgan fingerprint density at radius 1 is 1.03 bits per heavy atom. The molecule has 0 aliphatic carbocycles. The van der Waals surface area contributed by atoms with Crippen molar-refractivity contribution in [3.63, 3.8) is 0 Å². The molecular formula is C23H40IN5O3. The number of likely N-dealkylation sites (tertiary alicyclic amines) is 1.